The average Bonchev–Trinajstić information content (AvgIpc) is 3.00. The summed E-state index contributed by atoms with van der Waals surface area (Å²) in [6.45, 7) is 0.337. The molecule has 0 radical (unpaired) electrons. The standard InChI is InChI=1S/C19H21N3O3/c1-21(2)15(17-11-13-7-4-5-9-16(13)25-17)12-20-18(23)14-8-6-10-22(3)19(14)24/h4-11,15H,12H2,1-3H3,(H,20,23)/t15-/m0/s1. The number of benzene rings is 1. The number of furan rings is 1. The summed E-state index contributed by atoms with van der Waals surface area (Å²) in [4.78, 5) is 26.4. The second kappa shape index (κ2) is 6.94. The van der Waals surface area contributed by atoms with Gasteiger partial charge in [0.15, 0.2) is 0 Å². The van der Waals surface area contributed by atoms with Crippen molar-refractivity contribution in [3.63, 3.8) is 0 Å². The van der Waals surface area contributed by atoms with E-state index in [4.69, 9.17) is 4.42 Å². The first-order valence-corrected chi connectivity index (χ1v) is 8.06. The number of pyridine rings is 1. The van der Waals surface area contributed by atoms with Crippen molar-refractivity contribution in [2.24, 2.45) is 7.05 Å². The Morgan fingerprint density at radius 2 is 2.00 bits per heavy atom. The molecule has 2 aromatic heterocycles. The van der Waals surface area contributed by atoms with Gasteiger partial charge in [0.1, 0.15) is 16.9 Å². The number of aryl methyl sites for hydroxylation is 1. The van der Waals surface area contributed by atoms with Crippen LogP contribution in [0.1, 0.15) is 22.2 Å². The van der Waals surface area contributed by atoms with E-state index < -0.39 is 0 Å². The summed E-state index contributed by atoms with van der Waals surface area (Å²) in [5.41, 5.74) is 0.629. The highest BCUT2D eigenvalue weighted by molar-refractivity contribution is 5.93. The molecule has 1 atom stereocenters. The molecule has 0 fully saturated rings. The van der Waals surface area contributed by atoms with Crippen LogP contribution in [-0.4, -0.2) is 36.0 Å². The van der Waals surface area contributed by atoms with Gasteiger partial charge in [0.2, 0.25) is 0 Å². The molecule has 0 bridgehead atoms. The highest BCUT2D eigenvalue weighted by atomic mass is 16.3. The summed E-state index contributed by atoms with van der Waals surface area (Å²) >= 11 is 0. The van der Waals surface area contributed by atoms with Crippen molar-refractivity contribution in [2.45, 2.75) is 6.04 Å². The lowest BCUT2D eigenvalue weighted by Gasteiger charge is -2.22. The third-order valence-corrected chi connectivity index (χ3v) is 4.22. The maximum Gasteiger partial charge on any atom is 0.263 e. The number of carbonyl (C=O) groups excluding carboxylic acids is 1. The maximum atomic E-state index is 12.4. The smallest absolute Gasteiger partial charge is 0.263 e. The second-order valence-corrected chi connectivity index (χ2v) is 6.21. The topological polar surface area (TPSA) is 67.5 Å². The predicted molar refractivity (Wildman–Crippen MR) is 96.7 cm³/mol. The number of aromatic nitrogens is 1. The van der Waals surface area contributed by atoms with E-state index in [9.17, 15) is 9.59 Å². The zero-order valence-corrected chi connectivity index (χ0v) is 14.5. The number of hydrogen-bond donors (Lipinski definition) is 1. The van der Waals surface area contributed by atoms with Crippen LogP contribution in [0.3, 0.4) is 0 Å². The van der Waals surface area contributed by atoms with Gasteiger partial charge in [-0.2, -0.15) is 0 Å². The Bertz CT molecular complexity index is 923. The predicted octanol–water partition coefficient (Wildman–Crippen LogP) is 2.16. The summed E-state index contributed by atoms with van der Waals surface area (Å²) < 4.78 is 7.30. The SMILES string of the molecule is CN(C)[C@@H](CNC(=O)c1cccn(C)c1=O)c1cc2ccccc2o1. The number of carbonyl (C=O) groups is 1. The first-order valence-electron chi connectivity index (χ1n) is 8.06. The minimum Gasteiger partial charge on any atom is -0.459 e. The number of hydrogen-bond acceptors (Lipinski definition) is 4. The fraction of sp³-hybridized carbons (Fsp3) is 0.263. The van der Waals surface area contributed by atoms with Gasteiger partial charge in [-0.05, 0) is 38.4 Å². The van der Waals surface area contributed by atoms with Gasteiger partial charge in [0.25, 0.3) is 11.5 Å². The van der Waals surface area contributed by atoms with Crippen LogP contribution in [0, 0.1) is 0 Å². The van der Waals surface area contributed by atoms with Gasteiger partial charge in [-0.3, -0.25) is 14.5 Å². The molecule has 0 aliphatic heterocycles. The second-order valence-electron chi connectivity index (χ2n) is 6.21. The van der Waals surface area contributed by atoms with Crippen LogP contribution in [0.25, 0.3) is 11.0 Å². The summed E-state index contributed by atoms with van der Waals surface area (Å²) in [7, 11) is 5.47. The lowest BCUT2D eigenvalue weighted by Crippen LogP contribution is -2.37. The van der Waals surface area contributed by atoms with Gasteiger partial charge in [0, 0.05) is 25.2 Å². The van der Waals surface area contributed by atoms with E-state index in [0.717, 1.165) is 16.7 Å². The van der Waals surface area contributed by atoms with Gasteiger partial charge >= 0.3 is 0 Å². The molecular weight excluding hydrogens is 318 g/mol. The maximum absolute atomic E-state index is 12.4. The van der Waals surface area contributed by atoms with Crippen LogP contribution < -0.4 is 10.9 Å². The Hall–Kier alpha value is -2.86. The molecule has 0 saturated carbocycles. The van der Waals surface area contributed by atoms with Crippen LogP contribution in [0.15, 0.2) is 57.9 Å². The van der Waals surface area contributed by atoms with Gasteiger partial charge in [-0.25, -0.2) is 0 Å². The van der Waals surface area contributed by atoms with Crippen molar-refractivity contribution in [1.29, 1.82) is 0 Å². The Kier molecular flexibility index (Phi) is 4.72. The molecule has 0 spiro atoms. The van der Waals surface area contributed by atoms with Crippen LogP contribution in [0.5, 0.6) is 0 Å². The molecule has 0 unspecified atom stereocenters. The van der Waals surface area contributed by atoms with E-state index in [2.05, 4.69) is 5.32 Å². The van der Waals surface area contributed by atoms with Gasteiger partial charge in [-0.15, -0.1) is 0 Å². The number of likely N-dealkylation sites (N-methyl/N-ethyl adjacent to an activating group) is 1. The molecule has 3 rings (SSSR count). The monoisotopic (exact) mass is 339 g/mol. The fourth-order valence-electron chi connectivity index (χ4n) is 2.76. The zero-order valence-electron chi connectivity index (χ0n) is 14.5. The fourth-order valence-corrected chi connectivity index (χ4v) is 2.76. The van der Waals surface area contributed by atoms with Crippen LogP contribution in [0.2, 0.25) is 0 Å². The van der Waals surface area contributed by atoms with E-state index in [0.29, 0.717) is 6.54 Å². The molecule has 0 aliphatic carbocycles. The van der Waals surface area contributed by atoms with Crippen molar-refractivity contribution in [2.75, 3.05) is 20.6 Å². The number of rotatable bonds is 5. The Morgan fingerprint density at radius 1 is 1.24 bits per heavy atom. The number of nitrogens with zero attached hydrogens (tertiary/aromatic N) is 2. The van der Waals surface area contributed by atoms with E-state index in [1.54, 1.807) is 19.3 Å². The van der Waals surface area contributed by atoms with Crippen LogP contribution >= 0.6 is 0 Å². The number of amides is 1. The van der Waals surface area contributed by atoms with E-state index in [1.165, 1.54) is 10.6 Å². The quantitative estimate of drug-likeness (QED) is 0.773. The molecule has 6 heteroatoms. The largest absolute Gasteiger partial charge is 0.459 e. The van der Waals surface area contributed by atoms with Crippen molar-refractivity contribution < 1.29 is 9.21 Å². The first-order chi connectivity index (χ1) is 12.0. The van der Waals surface area contributed by atoms with Gasteiger partial charge in [0.05, 0.1) is 6.04 Å². The Morgan fingerprint density at radius 3 is 2.72 bits per heavy atom. The van der Waals surface area contributed by atoms with Gasteiger partial charge < -0.3 is 14.3 Å². The molecule has 0 aliphatic rings. The molecule has 25 heavy (non-hydrogen) atoms. The Labute approximate surface area is 145 Å². The summed E-state index contributed by atoms with van der Waals surface area (Å²) in [5.74, 6) is 0.386. The third-order valence-electron chi connectivity index (χ3n) is 4.22. The lowest BCUT2D eigenvalue weighted by atomic mass is 10.1. The molecule has 0 saturated heterocycles. The van der Waals surface area contributed by atoms with Crippen molar-refractivity contribution in [1.82, 2.24) is 14.8 Å². The van der Waals surface area contributed by atoms with Crippen molar-refractivity contribution >= 4 is 16.9 Å². The van der Waals surface area contributed by atoms with E-state index >= 15 is 0 Å². The molecule has 2 heterocycles. The molecular formula is C19H21N3O3. The lowest BCUT2D eigenvalue weighted by molar-refractivity contribution is 0.0937. The summed E-state index contributed by atoms with van der Waals surface area (Å²) in [6, 6.07) is 12.8. The van der Waals surface area contributed by atoms with Crippen molar-refractivity contribution in [3.8, 4) is 0 Å². The highest BCUT2D eigenvalue weighted by Crippen LogP contribution is 2.26. The van der Waals surface area contributed by atoms with Gasteiger partial charge in [-0.1, -0.05) is 18.2 Å². The van der Waals surface area contributed by atoms with Crippen LogP contribution in [0.4, 0.5) is 0 Å². The molecule has 6 nitrogen and oxygen atoms in total. The molecule has 3 aromatic rings. The molecule has 1 N–H and O–H groups in total. The minimum atomic E-state index is -0.385. The minimum absolute atomic E-state index is 0.132. The molecule has 130 valence electrons. The number of para-hydroxylation sites is 1. The average molecular weight is 339 g/mol. The summed E-state index contributed by atoms with van der Waals surface area (Å²) in [5, 5.41) is 3.86. The zero-order chi connectivity index (χ0) is 18.0. The molecule has 1 aromatic carbocycles. The summed E-state index contributed by atoms with van der Waals surface area (Å²) in [6.07, 6.45) is 1.62. The number of nitrogens with one attached hydrogen (secondary N) is 1. The first kappa shape index (κ1) is 17.0. The van der Waals surface area contributed by atoms with E-state index in [1.807, 2.05) is 49.3 Å². The normalized spacial score (nSPS) is 12.5. The Balaban J connectivity index is 1.79. The highest BCUT2D eigenvalue weighted by Gasteiger charge is 2.20. The molecule has 1 amide bonds. The third kappa shape index (κ3) is 3.49. The van der Waals surface area contributed by atoms with Crippen molar-refractivity contribution in [3.05, 3.63) is 70.3 Å². The van der Waals surface area contributed by atoms with Crippen LogP contribution in [-0.2, 0) is 7.05 Å². The van der Waals surface area contributed by atoms with E-state index in [-0.39, 0.29) is 23.1 Å². The number of fused-ring (bicyclic) bond motifs is 1.